The standard InChI is InChI=1S/C21H28N7O16P3S/c22-17-12-19(25-7-24-17)28(8-26-12)21-16(43-45(32,33)34)14(30)11(42-21)6-40-47(37,38)44-46(35,36)39-5-10-13(29)15(31)20(41-10)27-3-1-2-9(4-27)18(23)48/h1-4,7-8,10-11,13-16,20-21,29-31H,5-6H2,(H7-,22,23,24,25,32,33,34,35,36,37,38,48)/p-1. The van der Waals surface area contributed by atoms with Crippen LogP contribution in [-0.4, -0.2) is 99.5 Å². The number of nitrogens with zero attached hydrogens (tertiary/aromatic N) is 5. The van der Waals surface area contributed by atoms with Gasteiger partial charge in [0.2, 0.25) is 0 Å². The number of ether oxygens (including phenoxy) is 2. The Morgan fingerprint density at radius 3 is 2.42 bits per heavy atom. The van der Waals surface area contributed by atoms with Crippen LogP contribution in [0.4, 0.5) is 5.82 Å². The zero-order valence-corrected chi connectivity index (χ0v) is 27.4. The van der Waals surface area contributed by atoms with Crippen LogP contribution in [0.3, 0.4) is 0 Å². The van der Waals surface area contributed by atoms with Gasteiger partial charge in [-0.25, -0.2) is 23.8 Å². The smallest absolute Gasteiger partial charge is 0.478 e. The molecule has 5 rings (SSSR count). The van der Waals surface area contributed by atoms with Gasteiger partial charge in [-0.05, 0) is 6.07 Å². The van der Waals surface area contributed by atoms with Crippen LogP contribution in [0, 0.1) is 0 Å². The average Bonchev–Trinajstić information content (AvgIpc) is 3.64. The molecule has 27 heteroatoms. The highest BCUT2D eigenvalue weighted by Crippen LogP contribution is 2.58. The number of imidazole rings is 1. The van der Waals surface area contributed by atoms with Crippen molar-refractivity contribution < 1.29 is 80.5 Å². The molecule has 0 aromatic carbocycles. The number of pyridine rings is 1. The van der Waals surface area contributed by atoms with Crippen molar-refractivity contribution in [1.82, 2.24) is 19.5 Å². The lowest BCUT2D eigenvalue weighted by atomic mass is 10.1. The Bertz CT molecular complexity index is 1820. The van der Waals surface area contributed by atoms with E-state index >= 15 is 0 Å². The number of phosphoric acid groups is 3. The third-order valence-electron chi connectivity index (χ3n) is 6.97. The van der Waals surface area contributed by atoms with Crippen LogP contribution in [0.1, 0.15) is 18.0 Å². The van der Waals surface area contributed by atoms with Crippen LogP contribution in [0.5, 0.6) is 0 Å². The van der Waals surface area contributed by atoms with E-state index in [2.05, 4.69) is 32.8 Å². The normalized spacial score (nSPS) is 31.3. The molecular weight excluding hydrogens is 731 g/mol. The van der Waals surface area contributed by atoms with Gasteiger partial charge in [-0.15, -0.1) is 0 Å². The maximum atomic E-state index is 12.5. The first-order valence-corrected chi connectivity index (χ1v) is 18.2. The van der Waals surface area contributed by atoms with Gasteiger partial charge in [-0.1, -0.05) is 12.2 Å². The summed E-state index contributed by atoms with van der Waals surface area (Å²) < 4.78 is 67.9. The lowest BCUT2D eigenvalue weighted by molar-refractivity contribution is -0.765. The molecule has 0 aliphatic carbocycles. The van der Waals surface area contributed by atoms with Crippen molar-refractivity contribution >= 4 is 57.7 Å². The molecule has 0 spiro atoms. The SMILES string of the molecule is NC(=S)c1ccc[n+](C2OC(COP(=O)([O-])OP(=O)(O)OCC3OC(n4cnc5c(N)ncnc54)C(OP(=O)([O-])O)C3O)C(O)C2O)c1. The predicted octanol–water partition coefficient (Wildman–Crippen LogP) is -3.63. The Morgan fingerprint density at radius 1 is 1.04 bits per heavy atom. The van der Waals surface area contributed by atoms with E-state index in [9.17, 15) is 48.6 Å². The van der Waals surface area contributed by atoms with Crippen LogP contribution >= 0.6 is 35.7 Å². The Kier molecular flexibility index (Phi) is 10.8. The fraction of sp³-hybridized carbons (Fsp3) is 0.476. The molecule has 0 saturated carbocycles. The van der Waals surface area contributed by atoms with Crippen molar-refractivity contribution in [2.24, 2.45) is 5.73 Å². The predicted molar refractivity (Wildman–Crippen MR) is 153 cm³/mol. The second kappa shape index (κ2) is 14.1. The number of nitrogens with two attached hydrogens (primary N) is 2. The molecule has 48 heavy (non-hydrogen) atoms. The molecule has 264 valence electrons. The molecule has 9 N–H and O–H groups in total. The topological polar surface area (TPSA) is 353 Å². The van der Waals surface area contributed by atoms with Crippen molar-refractivity contribution in [3.05, 3.63) is 42.7 Å². The van der Waals surface area contributed by atoms with E-state index in [1.54, 1.807) is 6.07 Å². The maximum Gasteiger partial charge on any atom is 0.478 e. The first-order chi connectivity index (χ1) is 22.4. The molecule has 0 radical (unpaired) electrons. The van der Waals surface area contributed by atoms with Crippen LogP contribution in [0.25, 0.3) is 11.2 Å². The minimum absolute atomic E-state index is 0.0175. The molecule has 0 amide bonds. The number of anilines is 1. The van der Waals surface area contributed by atoms with Gasteiger partial charge in [0.15, 0.2) is 36.2 Å². The molecule has 2 saturated heterocycles. The molecule has 2 aliphatic rings. The number of fused-ring (bicyclic) bond motifs is 1. The highest BCUT2D eigenvalue weighted by molar-refractivity contribution is 7.80. The van der Waals surface area contributed by atoms with Gasteiger partial charge in [-0.2, -0.15) is 4.57 Å². The van der Waals surface area contributed by atoms with Gasteiger partial charge >= 0.3 is 7.82 Å². The van der Waals surface area contributed by atoms with Crippen molar-refractivity contribution in [1.29, 1.82) is 0 Å². The number of hydrogen-bond donors (Lipinski definition) is 7. The van der Waals surface area contributed by atoms with Crippen molar-refractivity contribution in [2.45, 2.75) is 49.1 Å². The van der Waals surface area contributed by atoms with Crippen molar-refractivity contribution in [2.75, 3.05) is 18.9 Å². The van der Waals surface area contributed by atoms with E-state index in [1.165, 1.54) is 23.0 Å². The first kappa shape index (κ1) is 36.8. The fourth-order valence-electron chi connectivity index (χ4n) is 4.82. The molecule has 23 nitrogen and oxygen atoms in total. The lowest BCUT2D eigenvalue weighted by Gasteiger charge is -2.27. The second-order valence-corrected chi connectivity index (χ2v) is 14.8. The first-order valence-electron chi connectivity index (χ1n) is 13.3. The summed E-state index contributed by atoms with van der Waals surface area (Å²) in [7, 11) is -16.8. The fourth-order valence-corrected chi connectivity index (χ4v) is 7.53. The van der Waals surface area contributed by atoms with Gasteiger partial charge in [0.25, 0.3) is 21.9 Å². The number of aromatic nitrogens is 5. The summed E-state index contributed by atoms with van der Waals surface area (Å²) in [6.07, 6.45) is -8.19. The summed E-state index contributed by atoms with van der Waals surface area (Å²) in [5, 5.41) is 31.5. The Labute approximate surface area is 274 Å². The monoisotopic (exact) mass is 758 g/mol. The minimum atomic E-state index is -5.70. The van der Waals surface area contributed by atoms with Crippen LogP contribution < -0.4 is 25.8 Å². The quantitative estimate of drug-likeness (QED) is 0.0502. The highest BCUT2D eigenvalue weighted by atomic mass is 32.1. The van der Waals surface area contributed by atoms with E-state index < -0.39 is 85.8 Å². The summed E-state index contributed by atoms with van der Waals surface area (Å²) in [5.74, 6) is -0.0692. The average molecular weight is 758 g/mol. The van der Waals surface area contributed by atoms with E-state index in [0.717, 1.165) is 17.2 Å². The number of rotatable bonds is 13. The van der Waals surface area contributed by atoms with Gasteiger partial charge < -0.3 is 64.9 Å². The molecule has 0 bridgehead atoms. The van der Waals surface area contributed by atoms with Gasteiger partial charge in [-0.3, -0.25) is 18.2 Å². The lowest BCUT2D eigenvalue weighted by Crippen LogP contribution is -2.46. The largest absolute Gasteiger partial charge is 0.756 e. The molecule has 5 heterocycles. The molecule has 3 aromatic rings. The van der Waals surface area contributed by atoms with E-state index in [4.69, 9.17) is 33.2 Å². The van der Waals surface area contributed by atoms with Gasteiger partial charge in [0, 0.05) is 6.07 Å². The number of hydrogen-bond acceptors (Lipinski definition) is 19. The molecule has 2 fully saturated rings. The van der Waals surface area contributed by atoms with E-state index in [-0.39, 0.29) is 22.0 Å². The van der Waals surface area contributed by atoms with Gasteiger partial charge in [0.1, 0.15) is 47.4 Å². The summed E-state index contributed by atoms with van der Waals surface area (Å²) in [6, 6.07) is 3.11. The second-order valence-electron chi connectivity index (χ2n) is 10.2. The molecule has 2 aliphatic heterocycles. The zero-order valence-electron chi connectivity index (χ0n) is 23.9. The number of thiocarbonyl (C=S) groups is 1. The van der Waals surface area contributed by atoms with Crippen LogP contribution in [0.15, 0.2) is 37.2 Å². The molecule has 11 atom stereocenters. The van der Waals surface area contributed by atoms with Crippen molar-refractivity contribution in [3.8, 4) is 0 Å². The summed E-state index contributed by atoms with van der Waals surface area (Å²) in [4.78, 5) is 55.0. The van der Waals surface area contributed by atoms with E-state index in [1.807, 2.05) is 0 Å². The highest BCUT2D eigenvalue weighted by Gasteiger charge is 2.50. The Morgan fingerprint density at radius 2 is 1.73 bits per heavy atom. The third kappa shape index (κ3) is 8.29. The van der Waals surface area contributed by atoms with Crippen LogP contribution in [-0.2, 0) is 41.1 Å². The van der Waals surface area contributed by atoms with E-state index in [0.29, 0.717) is 5.56 Å². The van der Waals surface area contributed by atoms with Gasteiger partial charge in [0.05, 0.1) is 25.1 Å². The number of nitrogen functional groups attached to an aromatic ring is 1. The zero-order chi connectivity index (χ0) is 35.2. The number of aliphatic hydroxyl groups excluding tert-OH is 3. The minimum Gasteiger partial charge on any atom is -0.756 e. The van der Waals surface area contributed by atoms with Crippen molar-refractivity contribution in [3.63, 3.8) is 0 Å². The molecule has 11 unspecified atom stereocenters. The third-order valence-corrected chi connectivity index (χ3v) is 10.3. The maximum absolute atomic E-state index is 12.5. The Balaban J connectivity index is 1.21. The summed E-state index contributed by atoms with van der Waals surface area (Å²) >= 11 is 4.91. The number of phosphoric ester groups is 3. The number of aliphatic hydroxyl groups is 3. The Hall–Kier alpha value is -2.44. The summed E-state index contributed by atoms with van der Waals surface area (Å²) in [6.45, 7) is -2.09. The van der Waals surface area contributed by atoms with Crippen LogP contribution in [0.2, 0.25) is 0 Å². The summed E-state index contributed by atoms with van der Waals surface area (Å²) in [5.41, 5.74) is 11.8. The molecule has 3 aromatic heterocycles. The molecular formula is C21H27N7O16P3S-.